The smallest absolute Gasteiger partial charge is 0.217 e. The van der Waals surface area contributed by atoms with Crippen LogP contribution in [0, 0.1) is 0 Å². The lowest BCUT2D eigenvalue weighted by molar-refractivity contribution is -0.117. The first-order chi connectivity index (χ1) is 6.20. The molecule has 0 bridgehead atoms. The minimum atomic E-state index is -0.245. The lowest BCUT2D eigenvalue weighted by Crippen LogP contribution is -2.06. The van der Waals surface area contributed by atoms with E-state index in [9.17, 15) is 9.59 Å². The van der Waals surface area contributed by atoms with Gasteiger partial charge in [-0.25, -0.2) is 0 Å². The summed E-state index contributed by atoms with van der Waals surface area (Å²) in [5.74, 6) is -0.245. The molecule has 1 rings (SSSR count). The number of hydrogen-bond acceptors (Lipinski definition) is 2. The van der Waals surface area contributed by atoms with Crippen LogP contribution in [0.3, 0.4) is 0 Å². The van der Waals surface area contributed by atoms with Crippen molar-refractivity contribution in [2.24, 2.45) is 5.73 Å². The average Bonchev–Trinajstić information content (AvgIpc) is 2.20. The molecule has 0 aromatic heterocycles. The summed E-state index contributed by atoms with van der Waals surface area (Å²) < 4.78 is 0. The van der Waals surface area contributed by atoms with E-state index >= 15 is 0 Å². The lowest BCUT2D eigenvalue weighted by Gasteiger charge is -1.81. The molecule has 0 aliphatic rings. The van der Waals surface area contributed by atoms with E-state index in [2.05, 4.69) is 5.73 Å². The highest BCUT2D eigenvalue weighted by Gasteiger charge is 1.80. The quantitative estimate of drug-likeness (QED) is 0.697. The lowest BCUT2D eigenvalue weighted by atomic mass is 10.2. The van der Waals surface area contributed by atoms with Crippen molar-refractivity contribution in [3.05, 3.63) is 35.9 Å². The number of amides is 1. The third-order valence-corrected chi connectivity index (χ3v) is 1.28. The number of hydrogen-bond donors (Lipinski definition) is 1. The standard InChI is InChI=1S/C7H6O.C3H7NO/c8-6-7-4-2-1-3-5-7;1-2-3(4)5/h1-6H;2H2,1H3,(H2,4,5). The molecule has 3 nitrogen and oxygen atoms in total. The van der Waals surface area contributed by atoms with Crippen molar-refractivity contribution in [1.82, 2.24) is 0 Å². The fourth-order valence-electron chi connectivity index (χ4n) is 0.532. The zero-order valence-corrected chi connectivity index (χ0v) is 7.57. The molecule has 1 aromatic carbocycles. The van der Waals surface area contributed by atoms with E-state index in [1.807, 2.05) is 18.2 Å². The number of aldehydes is 1. The Morgan fingerprint density at radius 3 is 2.08 bits per heavy atom. The molecular formula is C10H13NO2. The van der Waals surface area contributed by atoms with Crippen LogP contribution in [-0.4, -0.2) is 12.2 Å². The summed E-state index contributed by atoms with van der Waals surface area (Å²) in [5, 5.41) is 0. The van der Waals surface area contributed by atoms with E-state index < -0.39 is 0 Å². The maximum absolute atomic E-state index is 10.0. The van der Waals surface area contributed by atoms with Crippen LogP contribution >= 0.6 is 0 Å². The minimum Gasteiger partial charge on any atom is -0.370 e. The summed E-state index contributed by atoms with van der Waals surface area (Å²) >= 11 is 0. The van der Waals surface area contributed by atoms with Crippen LogP contribution in [0.2, 0.25) is 0 Å². The van der Waals surface area contributed by atoms with Gasteiger partial charge in [-0.15, -0.1) is 0 Å². The molecule has 70 valence electrons. The Morgan fingerprint density at radius 2 is 1.85 bits per heavy atom. The van der Waals surface area contributed by atoms with Crippen molar-refractivity contribution in [3.8, 4) is 0 Å². The molecule has 0 heterocycles. The van der Waals surface area contributed by atoms with Crippen LogP contribution in [0.15, 0.2) is 30.3 Å². The van der Waals surface area contributed by atoms with E-state index in [-0.39, 0.29) is 5.91 Å². The first kappa shape index (κ1) is 11.4. The summed E-state index contributed by atoms with van der Waals surface area (Å²) in [7, 11) is 0. The second-order valence-electron chi connectivity index (χ2n) is 2.35. The van der Waals surface area contributed by atoms with Crippen LogP contribution < -0.4 is 5.73 Å². The molecule has 0 saturated heterocycles. The van der Waals surface area contributed by atoms with Gasteiger partial charge in [-0.3, -0.25) is 9.59 Å². The number of benzene rings is 1. The summed E-state index contributed by atoms with van der Waals surface area (Å²) in [6.45, 7) is 1.72. The molecule has 0 radical (unpaired) electrons. The Bertz CT molecular complexity index is 257. The fourth-order valence-corrected chi connectivity index (χ4v) is 0.532. The molecule has 0 atom stereocenters. The summed E-state index contributed by atoms with van der Waals surface area (Å²) in [6, 6.07) is 9.10. The zero-order chi connectivity index (χ0) is 10.1. The van der Waals surface area contributed by atoms with Gasteiger partial charge in [-0.05, 0) is 0 Å². The predicted molar refractivity (Wildman–Crippen MR) is 51.3 cm³/mol. The van der Waals surface area contributed by atoms with Gasteiger partial charge in [0.05, 0.1) is 0 Å². The van der Waals surface area contributed by atoms with Gasteiger partial charge >= 0.3 is 0 Å². The molecule has 3 heteroatoms. The fraction of sp³-hybridized carbons (Fsp3) is 0.200. The highest BCUT2D eigenvalue weighted by atomic mass is 16.1. The summed E-state index contributed by atoms with van der Waals surface area (Å²) in [6.07, 6.45) is 1.28. The molecule has 0 aliphatic carbocycles. The number of nitrogens with two attached hydrogens (primary N) is 1. The Balaban J connectivity index is 0.000000252. The van der Waals surface area contributed by atoms with Crippen molar-refractivity contribution < 1.29 is 9.59 Å². The molecule has 0 unspecified atom stereocenters. The highest BCUT2D eigenvalue weighted by molar-refractivity contribution is 5.74. The number of carbonyl (C=O) groups is 2. The highest BCUT2D eigenvalue weighted by Crippen LogP contribution is 1.91. The van der Waals surface area contributed by atoms with E-state index in [0.717, 1.165) is 11.8 Å². The molecular weight excluding hydrogens is 166 g/mol. The average molecular weight is 179 g/mol. The minimum absolute atomic E-state index is 0.245. The molecule has 0 saturated carbocycles. The van der Waals surface area contributed by atoms with Gasteiger partial charge in [0.25, 0.3) is 0 Å². The van der Waals surface area contributed by atoms with Gasteiger partial charge in [-0.1, -0.05) is 37.3 Å². The van der Waals surface area contributed by atoms with Crippen LogP contribution in [0.25, 0.3) is 0 Å². The topological polar surface area (TPSA) is 60.2 Å². The van der Waals surface area contributed by atoms with Crippen molar-refractivity contribution >= 4 is 12.2 Å². The van der Waals surface area contributed by atoms with Gasteiger partial charge in [0.2, 0.25) is 5.91 Å². The molecule has 2 N–H and O–H groups in total. The Labute approximate surface area is 77.6 Å². The van der Waals surface area contributed by atoms with Crippen molar-refractivity contribution in [2.45, 2.75) is 13.3 Å². The van der Waals surface area contributed by atoms with E-state index in [4.69, 9.17) is 0 Å². The van der Waals surface area contributed by atoms with Crippen LogP contribution in [0.1, 0.15) is 23.7 Å². The first-order valence-corrected chi connectivity index (χ1v) is 3.99. The second-order valence-corrected chi connectivity index (χ2v) is 2.35. The van der Waals surface area contributed by atoms with E-state index in [1.165, 1.54) is 0 Å². The second kappa shape index (κ2) is 7.03. The maximum Gasteiger partial charge on any atom is 0.217 e. The molecule has 1 aromatic rings. The van der Waals surface area contributed by atoms with Crippen LogP contribution in [0.4, 0.5) is 0 Å². The van der Waals surface area contributed by atoms with Gasteiger partial charge in [0.1, 0.15) is 6.29 Å². The molecule has 0 spiro atoms. The Morgan fingerprint density at radius 1 is 1.38 bits per heavy atom. The Hall–Kier alpha value is -1.64. The third-order valence-electron chi connectivity index (χ3n) is 1.28. The van der Waals surface area contributed by atoms with Crippen molar-refractivity contribution in [3.63, 3.8) is 0 Å². The summed E-state index contributed by atoms with van der Waals surface area (Å²) in [4.78, 5) is 19.6. The third kappa shape index (κ3) is 6.75. The van der Waals surface area contributed by atoms with Crippen LogP contribution in [0.5, 0.6) is 0 Å². The van der Waals surface area contributed by atoms with Crippen molar-refractivity contribution in [1.29, 1.82) is 0 Å². The van der Waals surface area contributed by atoms with Gasteiger partial charge in [0, 0.05) is 12.0 Å². The Kier molecular flexibility index (Phi) is 6.15. The van der Waals surface area contributed by atoms with Gasteiger partial charge < -0.3 is 5.73 Å². The predicted octanol–water partition coefficient (Wildman–Crippen LogP) is 1.38. The van der Waals surface area contributed by atoms with Gasteiger partial charge in [-0.2, -0.15) is 0 Å². The zero-order valence-electron chi connectivity index (χ0n) is 7.57. The molecule has 13 heavy (non-hydrogen) atoms. The van der Waals surface area contributed by atoms with E-state index in [1.54, 1.807) is 19.1 Å². The maximum atomic E-state index is 10.0. The monoisotopic (exact) mass is 179 g/mol. The largest absolute Gasteiger partial charge is 0.370 e. The van der Waals surface area contributed by atoms with Gasteiger partial charge in [0.15, 0.2) is 0 Å². The van der Waals surface area contributed by atoms with Crippen LogP contribution in [-0.2, 0) is 4.79 Å². The molecule has 0 aliphatic heterocycles. The summed E-state index contributed by atoms with van der Waals surface area (Å²) in [5.41, 5.74) is 5.38. The van der Waals surface area contributed by atoms with Crippen molar-refractivity contribution in [2.75, 3.05) is 0 Å². The molecule has 0 fully saturated rings. The number of carbonyl (C=O) groups excluding carboxylic acids is 2. The SMILES string of the molecule is CCC(N)=O.O=Cc1ccccc1. The normalized spacial score (nSPS) is 8.08. The number of rotatable bonds is 2. The first-order valence-electron chi connectivity index (χ1n) is 3.99. The number of primary amides is 1. The molecule has 1 amide bonds. The van der Waals surface area contributed by atoms with E-state index in [0.29, 0.717) is 6.42 Å².